The van der Waals surface area contributed by atoms with E-state index in [0.717, 1.165) is 25.0 Å². The monoisotopic (exact) mass is 213 g/mol. The molecule has 1 aromatic rings. The summed E-state index contributed by atoms with van der Waals surface area (Å²) < 4.78 is 0. The van der Waals surface area contributed by atoms with Crippen LogP contribution in [0.25, 0.3) is 0 Å². The van der Waals surface area contributed by atoms with E-state index in [1.54, 1.807) is 16.7 Å². The van der Waals surface area contributed by atoms with Crippen molar-refractivity contribution in [3.63, 3.8) is 0 Å². The van der Waals surface area contributed by atoms with Crippen molar-refractivity contribution in [2.24, 2.45) is 5.92 Å². The molecule has 0 bridgehead atoms. The van der Waals surface area contributed by atoms with Gasteiger partial charge in [0.25, 0.3) is 0 Å². The van der Waals surface area contributed by atoms with Crippen LogP contribution in [-0.2, 0) is 6.42 Å². The fraction of sp³-hybridized carbons (Fsp3) is 0.556. The van der Waals surface area contributed by atoms with Crippen LogP contribution >= 0.6 is 23.6 Å². The van der Waals surface area contributed by atoms with E-state index in [1.807, 2.05) is 5.51 Å². The van der Waals surface area contributed by atoms with Crippen LogP contribution in [0.4, 0.5) is 0 Å². The van der Waals surface area contributed by atoms with Crippen molar-refractivity contribution < 1.29 is 5.11 Å². The highest BCUT2D eigenvalue weighted by Crippen LogP contribution is 2.36. The Bertz CT molecular complexity index is 310. The predicted octanol–water partition coefficient (Wildman–Crippen LogP) is 2.13. The van der Waals surface area contributed by atoms with Crippen LogP contribution in [0.5, 0.6) is 0 Å². The Hall–Kier alpha value is -0.320. The zero-order valence-corrected chi connectivity index (χ0v) is 8.77. The van der Waals surface area contributed by atoms with Gasteiger partial charge in [0.15, 0.2) is 0 Å². The Morgan fingerprint density at radius 3 is 3.38 bits per heavy atom. The van der Waals surface area contributed by atoms with E-state index < -0.39 is 6.10 Å². The minimum Gasteiger partial charge on any atom is -0.386 e. The summed E-state index contributed by atoms with van der Waals surface area (Å²) in [5.74, 6) is 0.284. The van der Waals surface area contributed by atoms with Gasteiger partial charge in [-0.2, -0.15) is 0 Å². The van der Waals surface area contributed by atoms with Crippen molar-refractivity contribution in [1.82, 2.24) is 4.98 Å². The Kier molecular flexibility index (Phi) is 2.71. The third kappa shape index (κ3) is 1.66. The number of fused-ring (bicyclic) bond motifs is 1. The maximum absolute atomic E-state index is 9.92. The third-order valence-corrected chi connectivity index (χ3v) is 3.64. The lowest BCUT2D eigenvalue weighted by Gasteiger charge is -2.25. The number of hydrogen-bond donors (Lipinski definition) is 1. The van der Waals surface area contributed by atoms with Gasteiger partial charge in [-0.25, -0.2) is 4.98 Å². The summed E-state index contributed by atoms with van der Waals surface area (Å²) in [5.41, 5.74) is 2.70. The molecule has 0 amide bonds. The molecule has 4 heteroatoms. The first-order valence-corrected chi connectivity index (χ1v) is 5.72. The molecular formula is C9H11NOS2. The lowest BCUT2D eigenvalue weighted by Crippen LogP contribution is -2.20. The molecule has 2 nitrogen and oxygen atoms in total. The van der Waals surface area contributed by atoms with E-state index in [9.17, 15) is 5.11 Å². The number of nitrogens with zero attached hydrogens (tertiary/aromatic N) is 1. The van der Waals surface area contributed by atoms with Crippen LogP contribution in [-0.4, -0.2) is 15.5 Å². The second kappa shape index (κ2) is 3.82. The summed E-state index contributed by atoms with van der Waals surface area (Å²) in [6.45, 7) is 0. The molecule has 2 atom stereocenters. The minimum absolute atomic E-state index is 0.284. The van der Waals surface area contributed by atoms with E-state index in [2.05, 4.69) is 4.98 Å². The van der Waals surface area contributed by atoms with E-state index in [0.29, 0.717) is 0 Å². The van der Waals surface area contributed by atoms with Crippen LogP contribution in [0.15, 0.2) is 5.51 Å². The fourth-order valence-electron chi connectivity index (χ4n) is 1.78. The van der Waals surface area contributed by atoms with Crippen LogP contribution < -0.4 is 0 Å². The van der Waals surface area contributed by atoms with Crippen molar-refractivity contribution in [2.45, 2.75) is 25.4 Å². The average Bonchev–Trinajstić information content (AvgIpc) is 2.58. The Labute approximate surface area is 86.6 Å². The Morgan fingerprint density at radius 2 is 2.62 bits per heavy atom. The van der Waals surface area contributed by atoms with Gasteiger partial charge in [0.1, 0.15) is 6.10 Å². The molecule has 70 valence electrons. The van der Waals surface area contributed by atoms with E-state index in [1.165, 1.54) is 4.88 Å². The lowest BCUT2D eigenvalue weighted by atomic mass is 9.86. The number of aliphatic hydroxyl groups excluding tert-OH is 1. The van der Waals surface area contributed by atoms with Gasteiger partial charge in [-0.3, -0.25) is 0 Å². The molecule has 0 fully saturated rings. The quantitative estimate of drug-likeness (QED) is 0.764. The minimum atomic E-state index is -0.394. The second-order valence-electron chi connectivity index (χ2n) is 3.31. The Morgan fingerprint density at radius 1 is 1.77 bits per heavy atom. The number of aromatic nitrogens is 1. The normalized spacial score (nSPS) is 26.8. The zero-order valence-electron chi connectivity index (χ0n) is 7.14. The van der Waals surface area contributed by atoms with Gasteiger partial charge in [-0.05, 0) is 30.5 Å². The van der Waals surface area contributed by atoms with Gasteiger partial charge in [-0.1, -0.05) is 12.2 Å². The van der Waals surface area contributed by atoms with E-state index in [4.69, 9.17) is 12.2 Å². The molecule has 13 heavy (non-hydrogen) atoms. The highest BCUT2D eigenvalue weighted by Gasteiger charge is 2.29. The molecule has 2 rings (SSSR count). The van der Waals surface area contributed by atoms with Gasteiger partial charge < -0.3 is 5.11 Å². The average molecular weight is 213 g/mol. The maximum Gasteiger partial charge on any atom is 0.100 e. The SMILES string of the molecule is OC1c2ncsc2CCC1CC=S. The van der Waals surface area contributed by atoms with Gasteiger partial charge in [-0.15, -0.1) is 11.3 Å². The summed E-state index contributed by atoms with van der Waals surface area (Å²) >= 11 is 6.45. The summed E-state index contributed by atoms with van der Waals surface area (Å²) in [6, 6.07) is 0. The number of aryl methyl sites for hydroxylation is 1. The van der Waals surface area contributed by atoms with Crippen molar-refractivity contribution in [3.05, 3.63) is 16.1 Å². The van der Waals surface area contributed by atoms with Crippen molar-refractivity contribution in [2.75, 3.05) is 0 Å². The highest BCUT2D eigenvalue weighted by atomic mass is 32.1. The molecule has 0 aliphatic heterocycles. The number of aliphatic hydroxyl groups is 1. The first-order chi connectivity index (χ1) is 6.33. The van der Waals surface area contributed by atoms with E-state index in [-0.39, 0.29) is 5.92 Å². The van der Waals surface area contributed by atoms with Crippen molar-refractivity contribution in [1.29, 1.82) is 0 Å². The molecule has 0 aromatic carbocycles. The maximum atomic E-state index is 9.92. The first-order valence-electron chi connectivity index (χ1n) is 4.37. The molecule has 0 radical (unpaired) electrons. The molecule has 0 saturated heterocycles. The van der Waals surface area contributed by atoms with Crippen molar-refractivity contribution in [3.8, 4) is 0 Å². The molecule has 0 saturated carbocycles. The van der Waals surface area contributed by atoms with Crippen molar-refractivity contribution >= 4 is 28.9 Å². The van der Waals surface area contributed by atoms with Crippen LogP contribution in [0.2, 0.25) is 0 Å². The summed E-state index contributed by atoms with van der Waals surface area (Å²) in [5, 5.41) is 11.6. The predicted molar refractivity (Wildman–Crippen MR) is 57.2 cm³/mol. The number of hydrogen-bond acceptors (Lipinski definition) is 4. The third-order valence-electron chi connectivity index (χ3n) is 2.54. The number of thiocarbonyl (C=S) groups is 1. The number of rotatable bonds is 2. The van der Waals surface area contributed by atoms with Gasteiger partial charge in [0.2, 0.25) is 0 Å². The zero-order chi connectivity index (χ0) is 9.26. The largest absolute Gasteiger partial charge is 0.386 e. The molecular weight excluding hydrogens is 202 g/mol. The van der Waals surface area contributed by atoms with Gasteiger partial charge in [0, 0.05) is 4.88 Å². The second-order valence-corrected chi connectivity index (χ2v) is 4.58. The smallest absolute Gasteiger partial charge is 0.100 e. The standard InChI is InChI=1S/C9H11NOS2/c11-9-6(3-4-12)1-2-7-8(9)10-5-13-7/h4-6,9,11H,1-3H2. The summed E-state index contributed by atoms with van der Waals surface area (Å²) in [4.78, 5) is 5.43. The summed E-state index contributed by atoms with van der Waals surface area (Å²) in [6.07, 6.45) is 2.50. The van der Waals surface area contributed by atoms with E-state index >= 15 is 0 Å². The molecule has 1 heterocycles. The first kappa shape index (κ1) is 9.24. The molecule has 2 unspecified atom stereocenters. The molecule has 1 aliphatic carbocycles. The molecule has 0 spiro atoms. The molecule has 1 aliphatic rings. The fourth-order valence-corrected chi connectivity index (χ4v) is 2.85. The Balaban J connectivity index is 2.21. The number of thiazole rings is 1. The van der Waals surface area contributed by atoms with Gasteiger partial charge >= 0.3 is 0 Å². The van der Waals surface area contributed by atoms with Crippen LogP contribution in [0, 0.1) is 5.92 Å². The molecule has 1 N–H and O–H groups in total. The van der Waals surface area contributed by atoms with Crippen LogP contribution in [0.1, 0.15) is 29.5 Å². The topological polar surface area (TPSA) is 33.1 Å². The summed E-state index contributed by atoms with van der Waals surface area (Å²) in [7, 11) is 0. The lowest BCUT2D eigenvalue weighted by molar-refractivity contribution is 0.0951. The highest BCUT2D eigenvalue weighted by molar-refractivity contribution is 7.78. The molecule has 1 aromatic heterocycles. The van der Waals surface area contributed by atoms with Crippen LogP contribution in [0.3, 0.4) is 0 Å². The van der Waals surface area contributed by atoms with Gasteiger partial charge in [0.05, 0.1) is 11.2 Å².